The third kappa shape index (κ3) is 4.14. The van der Waals surface area contributed by atoms with Crippen LogP contribution in [0.2, 0.25) is 0 Å². The number of carbonyl (C=O) groups is 2. The summed E-state index contributed by atoms with van der Waals surface area (Å²) in [6.45, 7) is 0. The molecule has 0 radical (unpaired) electrons. The summed E-state index contributed by atoms with van der Waals surface area (Å²) < 4.78 is 12.8. The van der Waals surface area contributed by atoms with Crippen molar-refractivity contribution in [2.75, 3.05) is 5.32 Å². The third-order valence-electron chi connectivity index (χ3n) is 2.01. The van der Waals surface area contributed by atoms with E-state index in [-0.39, 0.29) is 12.1 Å². The normalized spacial score (nSPS) is 11.1. The molecule has 0 aromatic heterocycles. The number of amides is 2. The molecular weight excluding hydrogens is 239 g/mol. The van der Waals surface area contributed by atoms with Crippen molar-refractivity contribution in [2.24, 2.45) is 0 Å². The molecule has 0 bridgehead atoms. The standard InChI is InChI=1S/C12H11FN2O3/c1-2-4-10(11(16)17)15-12(18)14-9-6-3-5-8(13)7-9/h1,3,5-7,10H,4H2,(H,16,17)(H2,14,15,18). The van der Waals surface area contributed by atoms with Gasteiger partial charge in [0.05, 0.1) is 0 Å². The molecule has 6 heteroatoms. The number of benzene rings is 1. The average Bonchev–Trinajstić information content (AvgIpc) is 2.28. The molecule has 1 aromatic carbocycles. The highest BCUT2D eigenvalue weighted by atomic mass is 19.1. The van der Waals surface area contributed by atoms with E-state index in [1.54, 1.807) is 0 Å². The molecule has 3 N–H and O–H groups in total. The monoisotopic (exact) mass is 250 g/mol. The van der Waals surface area contributed by atoms with Crippen LogP contribution >= 0.6 is 0 Å². The van der Waals surface area contributed by atoms with E-state index in [2.05, 4.69) is 16.6 Å². The molecule has 18 heavy (non-hydrogen) atoms. The fourth-order valence-electron chi connectivity index (χ4n) is 1.21. The maximum Gasteiger partial charge on any atom is 0.327 e. The lowest BCUT2D eigenvalue weighted by atomic mass is 10.2. The van der Waals surface area contributed by atoms with Crippen molar-refractivity contribution in [1.82, 2.24) is 5.32 Å². The minimum atomic E-state index is -1.23. The molecule has 0 heterocycles. The van der Waals surface area contributed by atoms with Gasteiger partial charge in [-0.05, 0) is 18.2 Å². The molecule has 1 unspecified atom stereocenters. The first-order valence-corrected chi connectivity index (χ1v) is 5.02. The van der Waals surface area contributed by atoms with Gasteiger partial charge in [0.25, 0.3) is 0 Å². The molecule has 1 atom stereocenters. The van der Waals surface area contributed by atoms with Crippen LogP contribution in [-0.2, 0) is 4.79 Å². The number of urea groups is 1. The minimum absolute atomic E-state index is 0.133. The second kappa shape index (κ2) is 6.25. The first kappa shape index (κ1) is 13.5. The van der Waals surface area contributed by atoms with Gasteiger partial charge in [-0.2, -0.15) is 0 Å². The summed E-state index contributed by atoms with van der Waals surface area (Å²) in [6, 6.07) is 3.28. The Hall–Kier alpha value is -2.55. The van der Waals surface area contributed by atoms with E-state index in [4.69, 9.17) is 11.5 Å². The topological polar surface area (TPSA) is 78.4 Å². The predicted octanol–water partition coefficient (Wildman–Crippen LogP) is 1.42. The average molecular weight is 250 g/mol. The molecule has 0 fully saturated rings. The van der Waals surface area contributed by atoms with Gasteiger partial charge in [0.1, 0.15) is 11.9 Å². The smallest absolute Gasteiger partial charge is 0.327 e. The number of carboxylic acids is 1. The number of aliphatic carboxylic acids is 1. The van der Waals surface area contributed by atoms with Crippen molar-refractivity contribution in [1.29, 1.82) is 0 Å². The fourth-order valence-corrected chi connectivity index (χ4v) is 1.21. The number of nitrogens with one attached hydrogen (secondary N) is 2. The SMILES string of the molecule is C#CCC(NC(=O)Nc1cccc(F)c1)C(=O)O. The van der Waals surface area contributed by atoms with Gasteiger partial charge < -0.3 is 15.7 Å². The molecule has 0 spiro atoms. The second-order valence-corrected chi connectivity index (χ2v) is 3.41. The van der Waals surface area contributed by atoms with Crippen LogP contribution in [0.3, 0.4) is 0 Å². The van der Waals surface area contributed by atoms with Gasteiger partial charge in [-0.3, -0.25) is 0 Å². The Bertz CT molecular complexity index is 496. The summed E-state index contributed by atoms with van der Waals surface area (Å²) >= 11 is 0. The Labute approximate surface area is 103 Å². The molecule has 0 aliphatic heterocycles. The molecule has 1 aromatic rings. The Balaban J connectivity index is 2.61. The van der Waals surface area contributed by atoms with E-state index in [9.17, 15) is 14.0 Å². The number of hydrogen-bond donors (Lipinski definition) is 3. The largest absolute Gasteiger partial charge is 0.480 e. The molecule has 2 amide bonds. The summed E-state index contributed by atoms with van der Waals surface area (Å²) in [6.07, 6.45) is 4.85. The first-order valence-electron chi connectivity index (χ1n) is 5.02. The van der Waals surface area contributed by atoms with Crippen molar-refractivity contribution < 1.29 is 19.1 Å². The number of anilines is 1. The molecular formula is C12H11FN2O3. The quantitative estimate of drug-likeness (QED) is 0.707. The van der Waals surface area contributed by atoms with Crippen molar-refractivity contribution >= 4 is 17.7 Å². The summed E-state index contributed by atoms with van der Waals surface area (Å²) in [4.78, 5) is 22.2. The van der Waals surface area contributed by atoms with Gasteiger partial charge in [0.2, 0.25) is 0 Å². The molecule has 0 saturated carbocycles. The van der Waals surface area contributed by atoms with E-state index in [0.29, 0.717) is 0 Å². The van der Waals surface area contributed by atoms with Gasteiger partial charge >= 0.3 is 12.0 Å². The Kier molecular flexibility index (Phi) is 4.69. The Morgan fingerprint density at radius 3 is 2.78 bits per heavy atom. The summed E-state index contributed by atoms with van der Waals surface area (Å²) in [5.74, 6) is 0.402. The highest BCUT2D eigenvalue weighted by molar-refractivity contribution is 5.92. The van der Waals surface area contributed by atoms with E-state index >= 15 is 0 Å². The van der Waals surface area contributed by atoms with Crippen LogP contribution in [0.4, 0.5) is 14.9 Å². The zero-order chi connectivity index (χ0) is 13.5. The van der Waals surface area contributed by atoms with Gasteiger partial charge in [0.15, 0.2) is 0 Å². The van der Waals surface area contributed by atoms with Crippen molar-refractivity contribution in [3.63, 3.8) is 0 Å². The lowest BCUT2D eigenvalue weighted by Gasteiger charge is -2.12. The van der Waals surface area contributed by atoms with E-state index in [1.165, 1.54) is 18.2 Å². The number of hydrogen-bond acceptors (Lipinski definition) is 2. The number of terminal acetylenes is 1. The van der Waals surface area contributed by atoms with E-state index < -0.39 is 23.9 Å². The van der Waals surface area contributed by atoms with Gasteiger partial charge in [-0.1, -0.05) is 6.07 Å². The zero-order valence-corrected chi connectivity index (χ0v) is 9.31. The lowest BCUT2D eigenvalue weighted by Crippen LogP contribution is -2.42. The minimum Gasteiger partial charge on any atom is -0.480 e. The lowest BCUT2D eigenvalue weighted by molar-refractivity contribution is -0.139. The molecule has 94 valence electrons. The van der Waals surface area contributed by atoms with Crippen molar-refractivity contribution in [3.05, 3.63) is 30.1 Å². The molecule has 0 saturated heterocycles. The van der Waals surface area contributed by atoms with E-state index in [0.717, 1.165) is 6.07 Å². The number of halogens is 1. The highest BCUT2D eigenvalue weighted by Crippen LogP contribution is 2.08. The molecule has 0 aliphatic carbocycles. The first-order chi connectivity index (χ1) is 8.52. The van der Waals surface area contributed by atoms with E-state index in [1.807, 2.05) is 0 Å². The van der Waals surface area contributed by atoms with Crippen LogP contribution in [0.5, 0.6) is 0 Å². The predicted molar refractivity (Wildman–Crippen MR) is 63.4 cm³/mol. The fraction of sp³-hybridized carbons (Fsp3) is 0.167. The second-order valence-electron chi connectivity index (χ2n) is 3.41. The number of rotatable bonds is 4. The summed E-state index contributed by atoms with van der Waals surface area (Å²) in [5.41, 5.74) is 0.220. The van der Waals surface area contributed by atoms with Crippen LogP contribution in [-0.4, -0.2) is 23.1 Å². The van der Waals surface area contributed by atoms with Gasteiger partial charge in [0, 0.05) is 12.1 Å². The zero-order valence-electron chi connectivity index (χ0n) is 9.31. The Morgan fingerprint density at radius 2 is 2.22 bits per heavy atom. The summed E-state index contributed by atoms with van der Waals surface area (Å²) in [7, 11) is 0. The molecule has 1 rings (SSSR count). The van der Waals surface area contributed by atoms with Crippen LogP contribution in [0.1, 0.15) is 6.42 Å². The molecule has 0 aliphatic rings. The Morgan fingerprint density at radius 1 is 1.50 bits per heavy atom. The molecule has 5 nitrogen and oxygen atoms in total. The number of carboxylic acid groups (broad SMARTS) is 1. The maximum atomic E-state index is 12.8. The maximum absolute atomic E-state index is 12.8. The van der Waals surface area contributed by atoms with Gasteiger partial charge in [-0.15, -0.1) is 12.3 Å². The van der Waals surface area contributed by atoms with Crippen molar-refractivity contribution in [3.8, 4) is 12.3 Å². The highest BCUT2D eigenvalue weighted by Gasteiger charge is 2.18. The summed E-state index contributed by atoms with van der Waals surface area (Å²) in [5, 5.41) is 13.2. The van der Waals surface area contributed by atoms with Crippen LogP contribution in [0.25, 0.3) is 0 Å². The van der Waals surface area contributed by atoms with Crippen LogP contribution < -0.4 is 10.6 Å². The van der Waals surface area contributed by atoms with Crippen molar-refractivity contribution in [2.45, 2.75) is 12.5 Å². The third-order valence-corrected chi connectivity index (χ3v) is 2.01. The number of carbonyl (C=O) groups excluding carboxylic acids is 1. The van der Waals surface area contributed by atoms with Gasteiger partial charge in [-0.25, -0.2) is 14.0 Å². The van der Waals surface area contributed by atoms with Crippen LogP contribution in [0.15, 0.2) is 24.3 Å². The van der Waals surface area contributed by atoms with Crippen LogP contribution in [0, 0.1) is 18.2 Å².